The highest BCUT2D eigenvalue weighted by molar-refractivity contribution is 5.92. The van der Waals surface area contributed by atoms with Gasteiger partial charge in [-0.05, 0) is 6.07 Å². The number of nitrogens with one attached hydrogen (secondary N) is 1. The molecule has 0 saturated heterocycles. The fraction of sp³-hybridized carbons (Fsp3) is 0.143. The average molecular weight is 162 g/mol. The van der Waals surface area contributed by atoms with Crippen LogP contribution in [-0.2, 0) is 0 Å². The summed E-state index contributed by atoms with van der Waals surface area (Å²) in [5.74, 6) is -0.362. The molecule has 0 aliphatic rings. The third kappa shape index (κ3) is 2.02. The van der Waals surface area contributed by atoms with Crippen LogP contribution in [0.5, 0.6) is 0 Å². The Labute approximate surface area is 69.1 Å². The van der Waals surface area contributed by atoms with E-state index in [4.69, 9.17) is 5.26 Å². The van der Waals surface area contributed by atoms with Crippen molar-refractivity contribution in [1.29, 1.82) is 5.26 Å². The van der Waals surface area contributed by atoms with Gasteiger partial charge in [-0.3, -0.25) is 4.79 Å². The molecular weight excluding hydrogens is 156 g/mol. The van der Waals surface area contributed by atoms with Crippen LogP contribution in [0, 0.1) is 11.3 Å². The molecule has 5 heteroatoms. The number of carbonyl (C=O) groups excluding carboxylic acids is 1. The normalized spacial score (nSPS) is 8.58. The van der Waals surface area contributed by atoms with Crippen molar-refractivity contribution in [1.82, 2.24) is 15.3 Å². The summed E-state index contributed by atoms with van der Waals surface area (Å²) in [5.41, 5.74) is 0.264. The predicted octanol–water partition coefficient (Wildman–Crippen LogP) is -0.270. The van der Waals surface area contributed by atoms with Gasteiger partial charge in [-0.2, -0.15) is 5.26 Å². The molecule has 0 bridgehead atoms. The average Bonchev–Trinajstić information content (AvgIpc) is 2.15. The van der Waals surface area contributed by atoms with Crippen LogP contribution >= 0.6 is 0 Å². The van der Waals surface area contributed by atoms with Crippen LogP contribution in [0.15, 0.2) is 18.6 Å². The Morgan fingerprint density at radius 1 is 1.75 bits per heavy atom. The third-order valence-electron chi connectivity index (χ3n) is 1.14. The lowest BCUT2D eigenvalue weighted by Gasteiger charge is -1.97. The number of aromatic nitrogens is 2. The van der Waals surface area contributed by atoms with Gasteiger partial charge in [0.25, 0.3) is 5.91 Å². The molecule has 0 saturated carbocycles. The molecule has 0 spiro atoms. The summed E-state index contributed by atoms with van der Waals surface area (Å²) in [6.45, 7) is -0.0111. The summed E-state index contributed by atoms with van der Waals surface area (Å²) in [4.78, 5) is 18.4. The van der Waals surface area contributed by atoms with Gasteiger partial charge in [-0.15, -0.1) is 0 Å². The second-order valence-electron chi connectivity index (χ2n) is 1.94. The molecule has 12 heavy (non-hydrogen) atoms. The molecule has 0 radical (unpaired) electrons. The fourth-order valence-electron chi connectivity index (χ4n) is 0.635. The van der Waals surface area contributed by atoms with Crippen LogP contribution in [0.25, 0.3) is 0 Å². The first-order valence-corrected chi connectivity index (χ1v) is 3.26. The molecule has 0 fully saturated rings. The summed E-state index contributed by atoms with van der Waals surface area (Å²) < 4.78 is 0. The van der Waals surface area contributed by atoms with Gasteiger partial charge < -0.3 is 5.32 Å². The lowest BCUT2D eigenvalue weighted by molar-refractivity contribution is 0.0953. The van der Waals surface area contributed by atoms with Gasteiger partial charge in [-0.1, -0.05) is 0 Å². The summed E-state index contributed by atoms with van der Waals surface area (Å²) in [6, 6.07) is 3.27. The molecule has 0 aliphatic heterocycles. The van der Waals surface area contributed by atoms with Gasteiger partial charge in [0, 0.05) is 6.20 Å². The Morgan fingerprint density at radius 3 is 3.17 bits per heavy atom. The molecule has 0 unspecified atom stereocenters. The molecule has 0 aliphatic carbocycles. The van der Waals surface area contributed by atoms with Gasteiger partial charge in [0.1, 0.15) is 18.6 Å². The maximum Gasteiger partial charge on any atom is 0.270 e. The minimum absolute atomic E-state index is 0.0111. The van der Waals surface area contributed by atoms with E-state index < -0.39 is 0 Å². The van der Waals surface area contributed by atoms with E-state index in [1.54, 1.807) is 6.07 Å². The van der Waals surface area contributed by atoms with Crippen LogP contribution < -0.4 is 5.32 Å². The Hall–Kier alpha value is -1.96. The van der Waals surface area contributed by atoms with Gasteiger partial charge in [0.15, 0.2) is 0 Å². The Bertz CT molecular complexity index is 303. The quantitative estimate of drug-likeness (QED) is 0.607. The number of hydrogen-bond donors (Lipinski definition) is 1. The molecule has 1 rings (SSSR count). The van der Waals surface area contributed by atoms with Crippen molar-refractivity contribution in [3.8, 4) is 6.07 Å². The van der Waals surface area contributed by atoms with Crippen LogP contribution in [0.1, 0.15) is 10.5 Å². The maximum absolute atomic E-state index is 11.1. The molecule has 1 aromatic rings. The van der Waals surface area contributed by atoms with E-state index in [0.29, 0.717) is 0 Å². The van der Waals surface area contributed by atoms with Crippen molar-refractivity contribution in [3.05, 3.63) is 24.3 Å². The van der Waals surface area contributed by atoms with Gasteiger partial charge in [0.2, 0.25) is 0 Å². The van der Waals surface area contributed by atoms with E-state index in [2.05, 4.69) is 15.3 Å². The Kier molecular flexibility index (Phi) is 2.73. The van der Waals surface area contributed by atoms with Crippen molar-refractivity contribution in [2.24, 2.45) is 0 Å². The SMILES string of the molecule is N#CCNC(=O)c1ccncn1. The summed E-state index contributed by atoms with van der Waals surface area (Å²) in [5, 5.41) is 10.5. The van der Waals surface area contributed by atoms with Crippen molar-refractivity contribution >= 4 is 5.91 Å². The predicted molar refractivity (Wildman–Crippen MR) is 40.0 cm³/mol. The number of nitriles is 1. The number of nitrogens with zero attached hydrogens (tertiary/aromatic N) is 3. The van der Waals surface area contributed by atoms with Gasteiger partial charge in [0.05, 0.1) is 6.07 Å². The molecule has 1 heterocycles. The van der Waals surface area contributed by atoms with E-state index in [0.717, 1.165) is 0 Å². The molecule has 1 amide bonds. The highest BCUT2D eigenvalue weighted by Gasteiger charge is 2.03. The van der Waals surface area contributed by atoms with Crippen LogP contribution in [0.4, 0.5) is 0 Å². The van der Waals surface area contributed by atoms with E-state index >= 15 is 0 Å². The van der Waals surface area contributed by atoms with Crippen LogP contribution in [0.3, 0.4) is 0 Å². The number of amides is 1. The second kappa shape index (κ2) is 4.03. The van der Waals surface area contributed by atoms with Gasteiger partial charge in [-0.25, -0.2) is 9.97 Å². The number of rotatable bonds is 2. The lowest BCUT2D eigenvalue weighted by atomic mass is 10.4. The molecule has 5 nitrogen and oxygen atoms in total. The first-order chi connectivity index (χ1) is 5.84. The minimum Gasteiger partial charge on any atom is -0.338 e. The van der Waals surface area contributed by atoms with Crippen LogP contribution in [-0.4, -0.2) is 22.4 Å². The zero-order valence-electron chi connectivity index (χ0n) is 6.19. The minimum atomic E-state index is -0.362. The van der Waals surface area contributed by atoms with Crippen molar-refractivity contribution in [3.63, 3.8) is 0 Å². The fourth-order valence-corrected chi connectivity index (χ4v) is 0.635. The summed E-state index contributed by atoms with van der Waals surface area (Å²) >= 11 is 0. The maximum atomic E-state index is 11.1. The highest BCUT2D eigenvalue weighted by atomic mass is 16.1. The molecule has 0 aromatic carbocycles. The van der Waals surface area contributed by atoms with Gasteiger partial charge >= 0.3 is 0 Å². The molecule has 0 atom stereocenters. The van der Waals surface area contributed by atoms with E-state index in [9.17, 15) is 4.79 Å². The topological polar surface area (TPSA) is 78.7 Å². The molecule has 60 valence electrons. The zero-order chi connectivity index (χ0) is 8.81. The van der Waals surface area contributed by atoms with Crippen molar-refractivity contribution in [2.75, 3.05) is 6.54 Å². The lowest BCUT2D eigenvalue weighted by Crippen LogP contribution is -2.24. The van der Waals surface area contributed by atoms with E-state index in [1.807, 2.05) is 0 Å². The van der Waals surface area contributed by atoms with Crippen molar-refractivity contribution < 1.29 is 4.79 Å². The Balaban J connectivity index is 2.61. The highest BCUT2D eigenvalue weighted by Crippen LogP contribution is 1.88. The summed E-state index contributed by atoms with van der Waals surface area (Å²) in [7, 11) is 0. The standard InChI is InChI=1S/C7H6N4O/c8-2-4-10-7(12)6-1-3-9-5-11-6/h1,3,5H,4H2,(H,10,12). The summed E-state index contributed by atoms with van der Waals surface area (Å²) in [6.07, 6.45) is 2.75. The monoisotopic (exact) mass is 162 g/mol. The van der Waals surface area contributed by atoms with E-state index in [-0.39, 0.29) is 18.1 Å². The number of hydrogen-bond acceptors (Lipinski definition) is 4. The zero-order valence-corrected chi connectivity index (χ0v) is 6.19. The largest absolute Gasteiger partial charge is 0.338 e. The molecular formula is C7H6N4O. The smallest absolute Gasteiger partial charge is 0.270 e. The van der Waals surface area contributed by atoms with Crippen molar-refractivity contribution in [2.45, 2.75) is 0 Å². The first kappa shape index (κ1) is 8.14. The Morgan fingerprint density at radius 2 is 2.58 bits per heavy atom. The second-order valence-corrected chi connectivity index (χ2v) is 1.94. The third-order valence-corrected chi connectivity index (χ3v) is 1.14. The first-order valence-electron chi connectivity index (χ1n) is 3.26. The van der Waals surface area contributed by atoms with Crippen LogP contribution in [0.2, 0.25) is 0 Å². The number of carbonyl (C=O) groups is 1. The molecule has 1 N–H and O–H groups in total. The van der Waals surface area contributed by atoms with E-state index in [1.165, 1.54) is 18.6 Å². The molecule has 1 aromatic heterocycles.